The summed E-state index contributed by atoms with van der Waals surface area (Å²) in [5.41, 5.74) is -0.618. The summed E-state index contributed by atoms with van der Waals surface area (Å²) in [6.45, 7) is 3.79. The molecule has 1 aliphatic carbocycles. The zero-order valence-corrected chi connectivity index (χ0v) is 13.4. The van der Waals surface area contributed by atoms with Crippen molar-refractivity contribution < 1.29 is 4.79 Å². The van der Waals surface area contributed by atoms with Gasteiger partial charge in [0.1, 0.15) is 11.4 Å². The molecule has 0 unspecified atom stereocenters. The number of rotatable bonds is 4. The van der Waals surface area contributed by atoms with Gasteiger partial charge in [0.05, 0.1) is 12.6 Å². The van der Waals surface area contributed by atoms with Crippen molar-refractivity contribution in [1.82, 2.24) is 15.2 Å². The van der Waals surface area contributed by atoms with Crippen LogP contribution in [0.5, 0.6) is 0 Å². The molecule has 122 valence electrons. The van der Waals surface area contributed by atoms with Crippen LogP contribution in [0.25, 0.3) is 0 Å². The normalized spacial score (nSPS) is 20.9. The molecule has 2 heterocycles. The summed E-state index contributed by atoms with van der Waals surface area (Å²) >= 11 is 0. The minimum absolute atomic E-state index is 0.0280. The summed E-state index contributed by atoms with van der Waals surface area (Å²) in [5.74, 6) is 0.964. The average Bonchev–Trinajstić information content (AvgIpc) is 3.05. The van der Waals surface area contributed by atoms with Crippen molar-refractivity contribution >= 4 is 11.7 Å². The van der Waals surface area contributed by atoms with Gasteiger partial charge in [0.2, 0.25) is 5.91 Å². The van der Waals surface area contributed by atoms with Gasteiger partial charge in [-0.3, -0.25) is 9.69 Å². The van der Waals surface area contributed by atoms with Gasteiger partial charge in [-0.15, -0.1) is 0 Å². The Morgan fingerprint density at radius 2 is 2.00 bits per heavy atom. The van der Waals surface area contributed by atoms with Crippen LogP contribution in [0.15, 0.2) is 24.4 Å². The van der Waals surface area contributed by atoms with E-state index < -0.39 is 5.54 Å². The molecule has 6 nitrogen and oxygen atoms in total. The molecule has 3 rings (SSSR count). The van der Waals surface area contributed by atoms with Crippen molar-refractivity contribution in [3.63, 3.8) is 0 Å². The molecule has 1 N–H and O–H groups in total. The second-order valence-electron chi connectivity index (χ2n) is 6.40. The lowest BCUT2D eigenvalue weighted by atomic mass is 10.00. The minimum atomic E-state index is -0.618. The van der Waals surface area contributed by atoms with Gasteiger partial charge in [0, 0.05) is 32.4 Å². The third kappa shape index (κ3) is 3.80. The van der Waals surface area contributed by atoms with Crippen LogP contribution in [0.4, 0.5) is 5.82 Å². The molecule has 1 aromatic rings. The highest BCUT2D eigenvalue weighted by atomic mass is 16.2. The molecule has 6 heteroatoms. The monoisotopic (exact) mass is 313 g/mol. The first-order valence-electron chi connectivity index (χ1n) is 8.31. The zero-order valence-electron chi connectivity index (χ0n) is 13.4. The predicted molar refractivity (Wildman–Crippen MR) is 87.8 cm³/mol. The van der Waals surface area contributed by atoms with Crippen LogP contribution in [0, 0.1) is 11.3 Å². The van der Waals surface area contributed by atoms with Crippen LogP contribution in [0.3, 0.4) is 0 Å². The molecule has 1 saturated heterocycles. The van der Waals surface area contributed by atoms with Gasteiger partial charge in [-0.05, 0) is 37.8 Å². The Balaban J connectivity index is 1.47. The fourth-order valence-electron chi connectivity index (χ4n) is 3.43. The van der Waals surface area contributed by atoms with Crippen LogP contribution in [-0.4, -0.2) is 54.1 Å². The number of hydrogen-bond donors (Lipinski definition) is 1. The second kappa shape index (κ2) is 6.97. The van der Waals surface area contributed by atoms with E-state index in [1.54, 1.807) is 6.20 Å². The Kier molecular flexibility index (Phi) is 4.77. The summed E-state index contributed by atoms with van der Waals surface area (Å²) in [4.78, 5) is 21.0. The molecular formula is C17H23N5O. The third-order valence-electron chi connectivity index (χ3n) is 4.76. The quantitative estimate of drug-likeness (QED) is 0.903. The number of aromatic nitrogens is 1. The standard InChI is InChI=1S/C17H23N5O/c18-14-17(6-2-3-7-17)20-16(23)13-21-9-11-22(12-10-21)15-5-1-4-8-19-15/h1,4-5,8H,2-3,6-7,9-13H2,(H,20,23). The van der Waals surface area contributed by atoms with Crippen molar-refractivity contribution in [2.75, 3.05) is 37.6 Å². The van der Waals surface area contributed by atoms with Gasteiger partial charge in [-0.1, -0.05) is 6.07 Å². The fraction of sp³-hybridized carbons (Fsp3) is 0.588. The van der Waals surface area contributed by atoms with Gasteiger partial charge in [-0.25, -0.2) is 4.98 Å². The highest BCUT2D eigenvalue weighted by molar-refractivity contribution is 5.79. The molecule has 0 atom stereocenters. The average molecular weight is 313 g/mol. The predicted octanol–water partition coefficient (Wildman–Crippen LogP) is 1.16. The second-order valence-corrected chi connectivity index (χ2v) is 6.40. The molecule has 0 bridgehead atoms. The Hall–Kier alpha value is -2.13. The van der Waals surface area contributed by atoms with Gasteiger partial charge in [0.25, 0.3) is 0 Å². The molecule has 1 aliphatic heterocycles. The highest BCUT2D eigenvalue weighted by Gasteiger charge is 2.35. The van der Waals surface area contributed by atoms with Crippen LogP contribution in [0.1, 0.15) is 25.7 Å². The summed E-state index contributed by atoms with van der Waals surface area (Å²) in [5, 5.41) is 12.3. The van der Waals surface area contributed by atoms with E-state index in [9.17, 15) is 10.1 Å². The minimum Gasteiger partial charge on any atom is -0.354 e. The number of anilines is 1. The van der Waals surface area contributed by atoms with Crippen molar-refractivity contribution in [3.8, 4) is 6.07 Å². The van der Waals surface area contributed by atoms with Gasteiger partial charge < -0.3 is 10.2 Å². The van der Waals surface area contributed by atoms with Crippen molar-refractivity contribution in [2.45, 2.75) is 31.2 Å². The number of amides is 1. The van der Waals surface area contributed by atoms with E-state index in [0.29, 0.717) is 6.54 Å². The molecule has 0 radical (unpaired) electrons. The highest BCUT2D eigenvalue weighted by Crippen LogP contribution is 2.28. The largest absolute Gasteiger partial charge is 0.354 e. The van der Waals surface area contributed by atoms with E-state index in [1.807, 2.05) is 18.2 Å². The maximum atomic E-state index is 12.3. The van der Waals surface area contributed by atoms with E-state index >= 15 is 0 Å². The summed E-state index contributed by atoms with van der Waals surface area (Å²) in [7, 11) is 0. The third-order valence-corrected chi connectivity index (χ3v) is 4.76. The van der Waals surface area contributed by atoms with Crippen molar-refractivity contribution in [2.24, 2.45) is 0 Å². The molecule has 1 aromatic heterocycles. The summed E-state index contributed by atoms with van der Waals surface area (Å²) < 4.78 is 0. The molecule has 1 saturated carbocycles. The van der Waals surface area contributed by atoms with Crippen molar-refractivity contribution in [1.29, 1.82) is 5.26 Å². The van der Waals surface area contributed by atoms with E-state index in [1.165, 1.54) is 0 Å². The Bertz CT molecular complexity index is 568. The lowest BCUT2D eigenvalue weighted by Crippen LogP contribution is -2.53. The van der Waals surface area contributed by atoms with E-state index in [-0.39, 0.29) is 5.91 Å². The lowest BCUT2D eigenvalue weighted by molar-refractivity contribution is -0.123. The number of carbonyl (C=O) groups is 1. The maximum absolute atomic E-state index is 12.3. The van der Waals surface area contributed by atoms with Gasteiger partial charge in [0.15, 0.2) is 0 Å². The number of piperazine rings is 1. The maximum Gasteiger partial charge on any atom is 0.235 e. The first kappa shape index (κ1) is 15.8. The summed E-state index contributed by atoms with van der Waals surface area (Å²) in [6, 6.07) is 8.23. The molecule has 1 amide bonds. The molecule has 2 fully saturated rings. The molecule has 0 spiro atoms. The van der Waals surface area contributed by atoms with Crippen molar-refractivity contribution in [3.05, 3.63) is 24.4 Å². The first-order chi connectivity index (χ1) is 11.2. The Morgan fingerprint density at radius 3 is 2.61 bits per heavy atom. The number of nitrogens with zero attached hydrogens (tertiary/aromatic N) is 4. The van der Waals surface area contributed by atoms with E-state index in [2.05, 4.69) is 26.2 Å². The Labute approximate surface area is 137 Å². The number of hydrogen-bond acceptors (Lipinski definition) is 5. The van der Waals surface area contributed by atoms with Crippen LogP contribution < -0.4 is 10.2 Å². The molecular weight excluding hydrogens is 290 g/mol. The molecule has 2 aliphatic rings. The van der Waals surface area contributed by atoms with Gasteiger partial charge in [-0.2, -0.15) is 5.26 Å². The van der Waals surface area contributed by atoms with Gasteiger partial charge >= 0.3 is 0 Å². The molecule has 23 heavy (non-hydrogen) atoms. The van der Waals surface area contributed by atoms with Crippen LogP contribution >= 0.6 is 0 Å². The van der Waals surface area contributed by atoms with Crippen LogP contribution in [0.2, 0.25) is 0 Å². The van der Waals surface area contributed by atoms with E-state index in [4.69, 9.17) is 0 Å². The number of pyridine rings is 1. The Morgan fingerprint density at radius 1 is 1.26 bits per heavy atom. The lowest BCUT2D eigenvalue weighted by Gasteiger charge is -2.35. The van der Waals surface area contributed by atoms with E-state index in [0.717, 1.165) is 57.7 Å². The topological polar surface area (TPSA) is 72.3 Å². The SMILES string of the molecule is N#CC1(NC(=O)CN2CCN(c3ccccn3)CC2)CCCC1. The first-order valence-corrected chi connectivity index (χ1v) is 8.31. The number of nitrogens with one attached hydrogen (secondary N) is 1. The molecule has 0 aromatic carbocycles. The number of nitriles is 1. The number of carbonyl (C=O) groups excluding carboxylic acids is 1. The summed E-state index contributed by atoms with van der Waals surface area (Å²) in [6.07, 6.45) is 5.41. The smallest absolute Gasteiger partial charge is 0.235 e. The fourth-order valence-corrected chi connectivity index (χ4v) is 3.43. The zero-order chi connectivity index (χ0) is 16.1. The van der Waals surface area contributed by atoms with Crippen LogP contribution in [-0.2, 0) is 4.79 Å².